The molecule has 2 aromatic heterocycles. The van der Waals surface area contributed by atoms with Crippen LogP contribution in [0.25, 0.3) is 10.9 Å². The van der Waals surface area contributed by atoms with E-state index in [9.17, 15) is 19.5 Å². The van der Waals surface area contributed by atoms with E-state index in [4.69, 9.17) is 5.73 Å². The van der Waals surface area contributed by atoms with Gasteiger partial charge in [-0.2, -0.15) is 0 Å². The number of primary amides is 1. The van der Waals surface area contributed by atoms with Crippen molar-refractivity contribution in [2.24, 2.45) is 5.73 Å². The predicted molar refractivity (Wildman–Crippen MR) is 99.1 cm³/mol. The average molecular weight is 366 g/mol. The largest absolute Gasteiger partial charge is 0.506 e. The minimum absolute atomic E-state index is 0.00941. The van der Waals surface area contributed by atoms with Crippen LogP contribution >= 0.6 is 0 Å². The molecule has 2 heterocycles. The molecule has 0 atom stereocenters. The molecule has 27 heavy (non-hydrogen) atoms. The number of nitrogens with zero attached hydrogens (tertiary/aromatic N) is 2. The first-order valence-electron chi connectivity index (χ1n) is 8.30. The number of carbonyl (C=O) groups is 2. The van der Waals surface area contributed by atoms with E-state index in [1.807, 2.05) is 0 Å². The second-order valence-corrected chi connectivity index (χ2v) is 5.92. The predicted octanol–water partition coefficient (Wildman–Crippen LogP) is 0.907. The van der Waals surface area contributed by atoms with E-state index in [1.165, 1.54) is 4.57 Å². The first-order chi connectivity index (χ1) is 13.0. The van der Waals surface area contributed by atoms with Crippen molar-refractivity contribution in [2.45, 2.75) is 19.5 Å². The van der Waals surface area contributed by atoms with Crippen LogP contribution in [0.5, 0.6) is 5.75 Å². The van der Waals surface area contributed by atoms with Crippen molar-refractivity contribution in [1.82, 2.24) is 14.9 Å². The molecular formula is C19H18N4O4. The first kappa shape index (κ1) is 18.1. The number of benzene rings is 1. The number of aromatic nitrogens is 2. The maximum atomic E-state index is 12.8. The molecule has 0 aliphatic rings. The summed E-state index contributed by atoms with van der Waals surface area (Å²) in [5.41, 5.74) is 5.15. The Labute approximate surface area is 154 Å². The second kappa shape index (κ2) is 7.69. The second-order valence-electron chi connectivity index (χ2n) is 5.92. The number of nitrogens with one attached hydrogen (secondary N) is 1. The van der Waals surface area contributed by atoms with Crippen molar-refractivity contribution in [1.29, 1.82) is 0 Å². The van der Waals surface area contributed by atoms with Crippen LogP contribution in [0, 0.1) is 0 Å². The van der Waals surface area contributed by atoms with Gasteiger partial charge in [-0.05, 0) is 24.3 Å². The zero-order valence-electron chi connectivity index (χ0n) is 14.4. The summed E-state index contributed by atoms with van der Waals surface area (Å²) >= 11 is 0. The molecule has 0 radical (unpaired) electrons. The van der Waals surface area contributed by atoms with Gasteiger partial charge in [0.25, 0.3) is 11.5 Å². The highest BCUT2D eigenvalue weighted by Gasteiger charge is 2.22. The van der Waals surface area contributed by atoms with Gasteiger partial charge < -0.3 is 20.7 Å². The van der Waals surface area contributed by atoms with Crippen LogP contribution in [-0.2, 0) is 17.9 Å². The standard InChI is InChI=1S/C19H18N4O4/c20-15(24)8-10-23-14-7-2-1-6-13(14)17(25)16(19(23)27)18(26)22-11-12-5-3-4-9-21-12/h1-7,9,25H,8,10-11H2,(H2,20,24)(H,22,26). The number of hydrogen-bond acceptors (Lipinski definition) is 5. The first-order valence-corrected chi connectivity index (χ1v) is 8.30. The number of rotatable bonds is 6. The third-order valence-electron chi connectivity index (χ3n) is 4.11. The van der Waals surface area contributed by atoms with Crippen molar-refractivity contribution < 1.29 is 14.7 Å². The Balaban J connectivity index is 2.02. The fourth-order valence-corrected chi connectivity index (χ4v) is 2.80. The third-order valence-corrected chi connectivity index (χ3v) is 4.11. The van der Waals surface area contributed by atoms with Crippen molar-refractivity contribution >= 4 is 22.7 Å². The SMILES string of the molecule is NC(=O)CCn1c(=O)c(C(=O)NCc2ccccn2)c(O)c2ccccc21. The zero-order chi connectivity index (χ0) is 19.4. The van der Waals surface area contributed by atoms with E-state index in [-0.39, 0.29) is 25.1 Å². The van der Waals surface area contributed by atoms with E-state index >= 15 is 0 Å². The summed E-state index contributed by atoms with van der Waals surface area (Å²) in [6, 6.07) is 11.9. The van der Waals surface area contributed by atoms with E-state index in [1.54, 1.807) is 48.7 Å². The van der Waals surface area contributed by atoms with Crippen LogP contribution in [0.3, 0.4) is 0 Å². The van der Waals surface area contributed by atoms with Gasteiger partial charge in [0.1, 0.15) is 11.3 Å². The van der Waals surface area contributed by atoms with Crippen LogP contribution in [0.2, 0.25) is 0 Å². The molecule has 0 saturated carbocycles. The zero-order valence-corrected chi connectivity index (χ0v) is 14.4. The average Bonchev–Trinajstić information content (AvgIpc) is 2.67. The summed E-state index contributed by atoms with van der Waals surface area (Å²) < 4.78 is 1.27. The number of nitrogens with two attached hydrogens (primary N) is 1. The van der Waals surface area contributed by atoms with Crippen molar-refractivity contribution in [3.63, 3.8) is 0 Å². The molecule has 8 nitrogen and oxygen atoms in total. The molecule has 0 unspecified atom stereocenters. The van der Waals surface area contributed by atoms with Gasteiger partial charge >= 0.3 is 0 Å². The summed E-state index contributed by atoms with van der Waals surface area (Å²) in [6.07, 6.45) is 1.52. The lowest BCUT2D eigenvalue weighted by Gasteiger charge is -2.14. The molecule has 0 spiro atoms. The summed E-state index contributed by atoms with van der Waals surface area (Å²) in [5.74, 6) is -1.69. The lowest BCUT2D eigenvalue weighted by molar-refractivity contribution is -0.118. The van der Waals surface area contributed by atoms with Gasteiger partial charge in [0.05, 0.1) is 17.8 Å². The van der Waals surface area contributed by atoms with Crippen LogP contribution in [0.4, 0.5) is 0 Å². The van der Waals surface area contributed by atoms with Crippen molar-refractivity contribution in [2.75, 3.05) is 0 Å². The monoisotopic (exact) mass is 366 g/mol. The molecule has 8 heteroatoms. The third kappa shape index (κ3) is 3.79. The Morgan fingerprint density at radius 2 is 1.89 bits per heavy atom. The number of hydrogen-bond donors (Lipinski definition) is 3. The summed E-state index contributed by atoms with van der Waals surface area (Å²) in [5, 5.41) is 13.4. The van der Waals surface area contributed by atoms with Gasteiger partial charge in [0, 0.05) is 24.5 Å². The minimum Gasteiger partial charge on any atom is -0.506 e. The summed E-state index contributed by atoms with van der Waals surface area (Å²) in [4.78, 5) is 40.7. The minimum atomic E-state index is -0.721. The highest BCUT2D eigenvalue weighted by atomic mass is 16.3. The number of carbonyl (C=O) groups excluding carboxylic acids is 2. The van der Waals surface area contributed by atoms with Crippen molar-refractivity contribution in [3.05, 3.63) is 70.3 Å². The molecule has 2 amide bonds. The Morgan fingerprint density at radius 3 is 2.59 bits per heavy atom. The normalized spacial score (nSPS) is 10.7. The number of aromatic hydroxyl groups is 1. The van der Waals surface area contributed by atoms with Crippen LogP contribution in [-0.4, -0.2) is 26.5 Å². The van der Waals surface area contributed by atoms with Gasteiger partial charge in [-0.3, -0.25) is 19.4 Å². The number of amides is 2. The Kier molecular flexibility index (Phi) is 5.16. The number of aryl methyl sites for hydroxylation is 1. The van der Waals surface area contributed by atoms with E-state index in [0.717, 1.165) is 0 Å². The van der Waals surface area contributed by atoms with Gasteiger partial charge in [-0.25, -0.2) is 0 Å². The number of para-hydroxylation sites is 1. The molecule has 3 aromatic rings. The quantitative estimate of drug-likeness (QED) is 0.597. The van der Waals surface area contributed by atoms with Gasteiger partial charge in [-0.15, -0.1) is 0 Å². The Bertz CT molecular complexity index is 1060. The lowest BCUT2D eigenvalue weighted by Crippen LogP contribution is -2.34. The fraction of sp³-hybridized carbons (Fsp3) is 0.158. The molecule has 1 aromatic carbocycles. The molecule has 0 aliphatic heterocycles. The number of pyridine rings is 2. The molecule has 3 rings (SSSR count). The van der Waals surface area contributed by atoms with Gasteiger partial charge in [0.2, 0.25) is 5.91 Å². The van der Waals surface area contributed by atoms with E-state index in [2.05, 4.69) is 10.3 Å². The van der Waals surface area contributed by atoms with E-state index < -0.39 is 23.1 Å². The molecule has 4 N–H and O–H groups in total. The molecule has 0 saturated heterocycles. The molecule has 138 valence electrons. The van der Waals surface area contributed by atoms with Gasteiger partial charge in [-0.1, -0.05) is 18.2 Å². The highest BCUT2D eigenvalue weighted by molar-refractivity contribution is 6.02. The highest BCUT2D eigenvalue weighted by Crippen LogP contribution is 2.26. The topological polar surface area (TPSA) is 127 Å². The van der Waals surface area contributed by atoms with Crippen LogP contribution < -0.4 is 16.6 Å². The van der Waals surface area contributed by atoms with Gasteiger partial charge in [0.15, 0.2) is 0 Å². The molecule has 0 aliphatic carbocycles. The maximum absolute atomic E-state index is 12.8. The molecule has 0 bridgehead atoms. The fourth-order valence-electron chi connectivity index (χ4n) is 2.80. The lowest BCUT2D eigenvalue weighted by atomic mass is 10.1. The van der Waals surface area contributed by atoms with E-state index in [0.29, 0.717) is 16.6 Å². The molecular weight excluding hydrogens is 348 g/mol. The molecule has 0 fully saturated rings. The Morgan fingerprint density at radius 1 is 1.15 bits per heavy atom. The summed E-state index contributed by atoms with van der Waals surface area (Å²) in [6.45, 7) is 0.113. The smallest absolute Gasteiger partial charge is 0.267 e. The van der Waals surface area contributed by atoms with Crippen molar-refractivity contribution in [3.8, 4) is 5.75 Å². The Hall–Kier alpha value is -3.68. The van der Waals surface area contributed by atoms with Crippen LogP contribution in [0.1, 0.15) is 22.5 Å². The summed E-state index contributed by atoms with van der Waals surface area (Å²) in [7, 11) is 0. The maximum Gasteiger partial charge on any atom is 0.267 e. The number of fused-ring (bicyclic) bond motifs is 1. The van der Waals surface area contributed by atoms with Crippen LogP contribution in [0.15, 0.2) is 53.5 Å².